The molecule has 0 radical (unpaired) electrons. The van der Waals surface area contributed by atoms with Crippen LogP contribution in [-0.4, -0.2) is 12.9 Å². The first-order valence-corrected chi connectivity index (χ1v) is 5.80. The van der Waals surface area contributed by atoms with Crippen LogP contribution in [0.4, 0.5) is 0 Å². The van der Waals surface area contributed by atoms with Crippen LogP contribution in [0.5, 0.6) is 5.75 Å². The molecule has 0 spiro atoms. The Bertz CT molecular complexity index is 522. The third-order valence-electron chi connectivity index (χ3n) is 2.64. The molecule has 0 saturated heterocycles. The fraction of sp³-hybridized carbons (Fsp3) is 0.333. The standard InChI is InChI=1S/C15H17NO2/c1-10(2)15(17)13(9-16)8-12-5-6-14(18-4)11(3)7-12/h5-8,10H,1-4H3/b13-8-. The van der Waals surface area contributed by atoms with Gasteiger partial charge >= 0.3 is 0 Å². The van der Waals surface area contributed by atoms with E-state index in [9.17, 15) is 4.79 Å². The molecule has 0 aromatic heterocycles. The number of rotatable bonds is 4. The highest BCUT2D eigenvalue weighted by molar-refractivity contribution is 6.04. The molecule has 3 heteroatoms. The van der Waals surface area contributed by atoms with E-state index in [1.807, 2.05) is 31.2 Å². The topological polar surface area (TPSA) is 50.1 Å². The molecule has 0 saturated carbocycles. The number of nitrogens with zero attached hydrogens (tertiary/aromatic N) is 1. The van der Waals surface area contributed by atoms with E-state index in [1.165, 1.54) is 0 Å². The predicted molar refractivity (Wildman–Crippen MR) is 71.2 cm³/mol. The van der Waals surface area contributed by atoms with Crippen LogP contribution < -0.4 is 4.74 Å². The summed E-state index contributed by atoms with van der Waals surface area (Å²) in [7, 11) is 1.61. The van der Waals surface area contributed by atoms with Crippen molar-refractivity contribution in [2.24, 2.45) is 5.92 Å². The number of aryl methyl sites for hydroxylation is 1. The molecule has 0 aliphatic rings. The normalized spacial score (nSPS) is 11.2. The SMILES string of the molecule is COc1ccc(/C=C(/C#N)C(=O)C(C)C)cc1C. The summed E-state index contributed by atoms with van der Waals surface area (Å²) in [5, 5.41) is 9.01. The van der Waals surface area contributed by atoms with Gasteiger partial charge in [0, 0.05) is 5.92 Å². The van der Waals surface area contributed by atoms with Crippen molar-refractivity contribution in [3.63, 3.8) is 0 Å². The Labute approximate surface area is 108 Å². The molecule has 0 atom stereocenters. The van der Waals surface area contributed by atoms with Gasteiger partial charge in [0.15, 0.2) is 5.78 Å². The van der Waals surface area contributed by atoms with Crippen molar-refractivity contribution < 1.29 is 9.53 Å². The van der Waals surface area contributed by atoms with E-state index in [2.05, 4.69) is 0 Å². The highest BCUT2D eigenvalue weighted by Gasteiger charge is 2.13. The lowest BCUT2D eigenvalue weighted by Crippen LogP contribution is -2.08. The number of hydrogen-bond donors (Lipinski definition) is 0. The number of nitriles is 1. The van der Waals surface area contributed by atoms with Crippen LogP contribution in [0.25, 0.3) is 6.08 Å². The minimum atomic E-state index is -0.171. The van der Waals surface area contributed by atoms with Gasteiger partial charge in [-0.3, -0.25) is 4.79 Å². The number of methoxy groups -OCH3 is 1. The summed E-state index contributed by atoms with van der Waals surface area (Å²) in [6.07, 6.45) is 1.62. The Morgan fingerprint density at radius 2 is 2.11 bits per heavy atom. The first kappa shape index (κ1) is 14.0. The molecule has 0 fully saturated rings. The molecule has 0 bridgehead atoms. The monoisotopic (exact) mass is 243 g/mol. The van der Waals surface area contributed by atoms with Crippen LogP contribution in [0.15, 0.2) is 23.8 Å². The van der Waals surface area contributed by atoms with Crippen molar-refractivity contribution in [3.8, 4) is 11.8 Å². The molecular weight excluding hydrogens is 226 g/mol. The maximum atomic E-state index is 11.8. The summed E-state index contributed by atoms with van der Waals surface area (Å²) in [6, 6.07) is 7.51. The highest BCUT2D eigenvalue weighted by Crippen LogP contribution is 2.20. The molecule has 0 aliphatic heterocycles. The van der Waals surface area contributed by atoms with E-state index in [4.69, 9.17) is 10.00 Å². The van der Waals surface area contributed by atoms with Gasteiger partial charge in [0.25, 0.3) is 0 Å². The Morgan fingerprint density at radius 3 is 2.56 bits per heavy atom. The molecule has 1 aromatic carbocycles. The molecule has 0 aliphatic carbocycles. The smallest absolute Gasteiger partial charge is 0.175 e. The summed E-state index contributed by atoms with van der Waals surface area (Å²) in [6.45, 7) is 5.49. The van der Waals surface area contributed by atoms with Crippen molar-refractivity contribution >= 4 is 11.9 Å². The molecule has 94 valence electrons. The Kier molecular flexibility index (Phi) is 4.67. The largest absolute Gasteiger partial charge is 0.496 e. The number of allylic oxidation sites excluding steroid dienone is 1. The van der Waals surface area contributed by atoms with E-state index in [-0.39, 0.29) is 17.3 Å². The van der Waals surface area contributed by atoms with Gasteiger partial charge < -0.3 is 4.74 Å². The average Bonchev–Trinajstić information content (AvgIpc) is 2.35. The maximum absolute atomic E-state index is 11.8. The van der Waals surface area contributed by atoms with Gasteiger partial charge in [-0.2, -0.15) is 5.26 Å². The van der Waals surface area contributed by atoms with Gasteiger partial charge in [-0.25, -0.2) is 0 Å². The predicted octanol–water partition coefficient (Wildman–Crippen LogP) is 3.14. The second-order valence-corrected chi connectivity index (χ2v) is 4.42. The van der Waals surface area contributed by atoms with E-state index >= 15 is 0 Å². The van der Waals surface area contributed by atoms with E-state index in [1.54, 1.807) is 27.0 Å². The van der Waals surface area contributed by atoms with E-state index in [0.29, 0.717) is 0 Å². The Morgan fingerprint density at radius 1 is 1.44 bits per heavy atom. The second-order valence-electron chi connectivity index (χ2n) is 4.42. The van der Waals surface area contributed by atoms with Gasteiger partial charge in [0.2, 0.25) is 0 Å². The molecule has 18 heavy (non-hydrogen) atoms. The van der Waals surface area contributed by atoms with Crippen LogP contribution >= 0.6 is 0 Å². The minimum absolute atomic E-state index is 0.133. The minimum Gasteiger partial charge on any atom is -0.496 e. The Hall–Kier alpha value is -2.08. The first-order chi connectivity index (χ1) is 8.49. The van der Waals surface area contributed by atoms with Crippen LogP contribution in [0, 0.1) is 24.2 Å². The number of Topliss-reactive ketones (excluding diaryl/α,β-unsaturated/α-hetero) is 1. The number of carbonyl (C=O) groups is 1. The molecule has 0 unspecified atom stereocenters. The fourth-order valence-corrected chi connectivity index (χ4v) is 1.63. The summed E-state index contributed by atoms with van der Waals surface area (Å²) in [5.74, 6) is 0.488. The van der Waals surface area contributed by atoms with Crippen molar-refractivity contribution in [1.29, 1.82) is 5.26 Å². The maximum Gasteiger partial charge on any atom is 0.175 e. The molecule has 1 rings (SSSR count). The average molecular weight is 243 g/mol. The molecule has 0 N–H and O–H groups in total. The molecule has 0 amide bonds. The van der Waals surface area contributed by atoms with Crippen LogP contribution in [0.2, 0.25) is 0 Å². The zero-order valence-electron chi connectivity index (χ0n) is 11.2. The number of ketones is 1. The molecule has 3 nitrogen and oxygen atoms in total. The lowest BCUT2D eigenvalue weighted by atomic mass is 9.99. The van der Waals surface area contributed by atoms with E-state index in [0.717, 1.165) is 16.9 Å². The van der Waals surface area contributed by atoms with Crippen LogP contribution in [0.3, 0.4) is 0 Å². The lowest BCUT2D eigenvalue weighted by Gasteiger charge is -2.06. The molecular formula is C15H17NO2. The van der Waals surface area contributed by atoms with Crippen molar-refractivity contribution in [2.45, 2.75) is 20.8 Å². The number of benzene rings is 1. The number of carbonyl (C=O) groups excluding carboxylic acids is 1. The molecule has 1 aromatic rings. The zero-order valence-corrected chi connectivity index (χ0v) is 11.2. The van der Waals surface area contributed by atoms with Gasteiger partial charge in [-0.1, -0.05) is 19.9 Å². The lowest BCUT2D eigenvalue weighted by molar-refractivity contribution is -0.117. The van der Waals surface area contributed by atoms with Crippen molar-refractivity contribution in [1.82, 2.24) is 0 Å². The summed E-state index contributed by atoms with van der Waals surface area (Å²) >= 11 is 0. The third kappa shape index (κ3) is 3.21. The van der Waals surface area contributed by atoms with Gasteiger partial charge in [-0.15, -0.1) is 0 Å². The van der Waals surface area contributed by atoms with Gasteiger partial charge in [-0.05, 0) is 36.3 Å². The van der Waals surface area contributed by atoms with Gasteiger partial charge in [0.05, 0.1) is 12.7 Å². The van der Waals surface area contributed by atoms with E-state index < -0.39 is 0 Å². The van der Waals surface area contributed by atoms with Crippen molar-refractivity contribution in [2.75, 3.05) is 7.11 Å². The third-order valence-corrected chi connectivity index (χ3v) is 2.64. The van der Waals surface area contributed by atoms with Crippen LogP contribution in [-0.2, 0) is 4.79 Å². The first-order valence-electron chi connectivity index (χ1n) is 5.80. The highest BCUT2D eigenvalue weighted by atomic mass is 16.5. The quantitative estimate of drug-likeness (QED) is 0.603. The van der Waals surface area contributed by atoms with Crippen LogP contribution in [0.1, 0.15) is 25.0 Å². The second kappa shape index (κ2) is 6.02. The Balaban J connectivity index is 3.12. The summed E-state index contributed by atoms with van der Waals surface area (Å²) < 4.78 is 5.16. The van der Waals surface area contributed by atoms with Crippen molar-refractivity contribution in [3.05, 3.63) is 34.9 Å². The number of ether oxygens (including phenoxy) is 1. The fourth-order valence-electron chi connectivity index (χ4n) is 1.63. The summed E-state index contributed by atoms with van der Waals surface area (Å²) in [4.78, 5) is 11.8. The zero-order chi connectivity index (χ0) is 13.7. The summed E-state index contributed by atoms with van der Waals surface area (Å²) in [5.41, 5.74) is 1.99. The van der Waals surface area contributed by atoms with Gasteiger partial charge in [0.1, 0.15) is 11.8 Å². The molecule has 0 heterocycles. The number of hydrogen-bond acceptors (Lipinski definition) is 3.